The van der Waals surface area contributed by atoms with Crippen LogP contribution >= 0.6 is 15.9 Å². The van der Waals surface area contributed by atoms with Crippen molar-refractivity contribution < 1.29 is 9.53 Å². The molecule has 152 valence electrons. The number of ketones is 1. The van der Waals surface area contributed by atoms with E-state index in [0.29, 0.717) is 11.3 Å². The minimum Gasteiger partial charge on any atom is -0.496 e. The molecule has 30 heavy (non-hydrogen) atoms. The Kier molecular flexibility index (Phi) is 5.64. The number of methoxy groups -OCH3 is 1. The normalized spacial score (nSPS) is 10.9. The van der Waals surface area contributed by atoms with Gasteiger partial charge in [0.2, 0.25) is 0 Å². The van der Waals surface area contributed by atoms with Gasteiger partial charge >= 0.3 is 0 Å². The number of para-hydroxylation sites is 1. The molecule has 4 rings (SSSR count). The third-order valence-corrected chi connectivity index (χ3v) is 5.90. The van der Waals surface area contributed by atoms with Crippen molar-refractivity contribution in [2.24, 2.45) is 0 Å². The number of benzene rings is 3. The number of fused-ring (bicyclic) bond motifs is 1. The molecule has 0 aliphatic carbocycles. The van der Waals surface area contributed by atoms with Gasteiger partial charge < -0.3 is 14.6 Å². The van der Waals surface area contributed by atoms with Gasteiger partial charge in [0.05, 0.1) is 23.6 Å². The van der Waals surface area contributed by atoms with E-state index in [9.17, 15) is 4.79 Å². The Morgan fingerprint density at radius 2 is 1.73 bits per heavy atom. The summed E-state index contributed by atoms with van der Waals surface area (Å²) in [5.74, 6) is 0.741. The number of rotatable bonds is 6. The summed E-state index contributed by atoms with van der Waals surface area (Å²) in [5.41, 5.74) is 5.72. The van der Waals surface area contributed by atoms with Crippen molar-refractivity contribution in [1.29, 1.82) is 0 Å². The fourth-order valence-electron chi connectivity index (χ4n) is 3.78. The first-order valence-corrected chi connectivity index (χ1v) is 10.6. The lowest BCUT2D eigenvalue weighted by molar-refractivity contribution is 0.101. The zero-order valence-corrected chi connectivity index (χ0v) is 18.8. The van der Waals surface area contributed by atoms with Crippen molar-refractivity contribution in [3.8, 4) is 11.4 Å². The molecule has 4 aromatic rings. The van der Waals surface area contributed by atoms with Gasteiger partial charge in [0, 0.05) is 28.0 Å². The van der Waals surface area contributed by atoms with Gasteiger partial charge in [-0.25, -0.2) is 0 Å². The number of ether oxygens (including phenoxy) is 1. The summed E-state index contributed by atoms with van der Waals surface area (Å²) in [7, 11) is 1.63. The number of Topliss-reactive ketones (excluding diaryl/α,β-unsaturated/α-hetero) is 1. The molecule has 3 aromatic carbocycles. The van der Waals surface area contributed by atoms with Crippen LogP contribution in [0.4, 0.5) is 5.69 Å². The van der Waals surface area contributed by atoms with Crippen LogP contribution in [0.1, 0.15) is 21.6 Å². The molecule has 0 fully saturated rings. The lowest BCUT2D eigenvalue weighted by Crippen LogP contribution is -2.15. The number of hydrogen-bond acceptors (Lipinski definition) is 3. The third-order valence-electron chi connectivity index (χ3n) is 5.28. The summed E-state index contributed by atoms with van der Waals surface area (Å²) in [4.78, 5) is 13.3. The van der Waals surface area contributed by atoms with Crippen LogP contribution in [0.5, 0.6) is 5.75 Å². The first-order chi connectivity index (χ1) is 14.5. The Morgan fingerprint density at radius 1 is 1.03 bits per heavy atom. The predicted molar refractivity (Wildman–Crippen MR) is 126 cm³/mol. The maximum absolute atomic E-state index is 13.3. The van der Waals surface area contributed by atoms with E-state index in [0.717, 1.165) is 32.4 Å². The minimum absolute atomic E-state index is 0.0385. The zero-order valence-electron chi connectivity index (χ0n) is 17.2. The van der Waals surface area contributed by atoms with E-state index >= 15 is 0 Å². The van der Waals surface area contributed by atoms with Crippen molar-refractivity contribution in [3.63, 3.8) is 0 Å². The maximum atomic E-state index is 13.3. The number of aryl methyl sites for hydroxylation is 1. The van der Waals surface area contributed by atoms with Gasteiger partial charge in [-0.3, -0.25) is 4.79 Å². The molecular formula is C25H23BrN2O2. The van der Waals surface area contributed by atoms with Gasteiger partial charge in [-0.2, -0.15) is 0 Å². The second-order valence-corrected chi connectivity index (χ2v) is 8.13. The standard InChI is InChI=1S/C25H23BrN2O2/c1-16-9-11-19(12-10-16)28-17(2)25(20-13-24(30-3)21(26)14-22(20)28)23(29)15-27-18-7-5-4-6-8-18/h4-14,27H,15H2,1-3H3. The monoisotopic (exact) mass is 462 g/mol. The topological polar surface area (TPSA) is 43.3 Å². The van der Waals surface area contributed by atoms with Gasteiger partial charge in [0.1, 0.15) is 5.75 Å². The third kappa shape index (κ3) is 3.73. The summed E-state index contributed by atoms with van der Waals surface area (Å²) in [6.07, 6.45) is 0. The molecule has 0 radical (unpaired) electrons. The highest BCUT2D eigenvalue weighted by atomic mass is 79.9. The molecular weight excluding hydrogens is 440 g/mol. The van der Waals surface area contributed by atoms with Gasteiger partial charge in [-0.05, 0) is 66.2 Å². The van der Waals surface area contributed by atoms with Crippen LogP contribution in [0.25, 0.3) is 16.6 Å². The highest BCUT2D eigenvalue weighted by Gasteiger charge is 2.22. The summed E-state index contributed by atoms with van der Waals surface area (Å²) < 4.78 is 8.49. The maximum Gasteiger partial charge on any atom is 0.184 e. The SMILES string of the molecule is COc1cc2c(C(=O)CNc3ccccc3)c(C)n(-c3ccc(C)cc3)c2cc1Br. The van der Waals surface area contributed by atoms with Crippen LogP contribution in [-0.4, -0.2) is 24.0 Å². The van der Waals surface area contributed by atoms with E-state index in [-0.39, 0.29) is 12.3 Å². The van der Waals surface area contributed by atoms with Crippen molar-refractivity contribution >= 4 is 38.3 Å². The number of nitrogens with zero attached hydrogens (tertiary/aromatic N) is 1. The van der Waals surface area contributed by atoms with Gasteiger partial charge in [-0.1, -0.05) is 35.9 Å². The lowest BCUT2D eigenvalue weighted by atomic mass is 10.1. The minimum atomic E-state index is 0.0385. The van der Waals surface area contributed by atoms with Gasteiger partial charge in [0.25, 0.3) is 0 Å². The summed E-state index contributed by atoms with van der Waals surface area (Å²) >= 11 is 3.59. The summed E-state index contributed by atoms with van der Waals surface area (Å²) in [6.45, 7) is 4.28. The van der Waals surface area contributed by atoms with E-state index in [2.05, 4.69) is 57.0 Å². The molecule has 0 bridgehead atoms. The quantitative estimate of drug-likeness (QED) is 0.341. The van der Waals surface area contributed by atoms with E-state index in [1.54, 1.807) is 7.11 Å². The molecule has 1 N–H and O–H groups in total. The van der Waals surface area contributed by atoms with Crippen molar-refractivity contribution in [2.75, 3.05) is 19.0 Å². The second-order valence-electron chi connectivity index (χ2n) is 7.28. The number of carbonyl (C=O) groups excluding carboxylic acids is 1. The highest BCUT2D eigenvalue weighted by Crippen LogP contribution is 2.36. The van der Waals surface area contributed by atoms with E-state index in [4.69, 9.17) is 4.74 Å². The van der Waals surface area contributed by atoms with E-state index < -0.39 is 0 Å². The Labute approximate surface area is 184 Å². The van der Waals surface area contributed by atoms with Crippen molar-refractivity contribution in [1.82, 2.24) is 4.57 Å². The highest BCUT2D eigenvalue weighted by molar-refractivity contribution is 9.10. The predicted octanol–water partition coefficient (Wildman–Crippen LogP) is 6.31. The second kappa shape index (κ2) is 8.36. The summed E-state index contributed by atoms with van der Waals surface area (Å²) in [5, 5.41) is 4.11. The number of anilines is 1. The fraction of sp³-hybridized carbons (Fsp3) is 0.160. The Hall–Kier alpha value is -3.05. The number of nitrogens with one attached hydrogen (secondary N) is 1. The number of halogens is 1. The molecule has 0 spiro atoms. The smallest absolute Gasteiger partial charge is 0.184 e. The zero-order chi connectivity index (χ0) is 21.3. The van der Waals surface area contributed by atoms with Crippen LogP contribution in [0.15, 0.2) is 71.2 Å². The van der Waals surface area contributed by atoms with E-state index in [1.165, 1.54) is 5.56 Å². The van der Waals surface area contributed by atoms with Crippen LogP contribution < -0.4 is 10.1 Å². The molecule has 0 unspecified atom stereocenters. The van der Waals surface area contributed by atoms with Crippen molar-refractivity contribution in [3.05, 3.63) is 88.0 Å². The average Bonchev–Trinajstić information content (AvgIpc) is 3.03. The van der Waals surface area contributed by atoms with Crippen LogP contribution in [-0.2, 0) is 0 Å². The number of hydrogen-bond donors (Lipinski definition) is 1. The summed E-state index contributed by atoms with van der Waals surface area (Å²) in [6, 6.07) is 22.0. The van der Waals surface area contributed by atoms with Crippen LogP contribution in [0.3, 0.4) is 0 Å². The molecule has 0 saturated heterocycles. The number of aromatic nitrogens is 1. The number of carbonyl (C=O) groups is 1. The largest absolute Gasteiger partial charge is 0.496 e. The molecule has 5 heteroatoms. The average molecular weight is 463 g/mol. The van der Waals surface area contributed by atoms with Gasteiger partial charge in [-0.15, -0.1) is 0 Å². The van der Waals surface area contributed by atoms with Crippen LogP contribution in [0, 0.1) is 13.8 Å². The Bertz CT molecular complexity index is 1210. The van der Waals surface area contributed by atoms with Crippen molar-refractivity contribution in [2.45, 2.75) is 13.8 Å². The Balaban J connectivity index is 1.84. The molecule has 1 heterocycles. The Morgan fingerprint density at radius 3 is 2.40 bits per heavy atom. The molecule has 0 aliphatic heterocycles. The van der Waals surface area contributed by atoms with Gasteiger partial charge in [0.15, 0.2) is 5.78 Å². The molecule has 1 aromatic heterocycles. The molecule has 0 aliphatic rings. The first-order valence-electron chi connectivity index (χ1n) is 9.77. The van der Waals surface area contributed by atoms with E-state index in [1.807, 2.05) is 49.4 Å². The lowest BCUT2D eigenvalue weighted by Gasteiger charge is -2.10. The molecule has 0 amide bonds. The molecule has 0 saturated carbocycles. The molecule has 4 nitrogen and oxygen atoms in total. The fourth-order valence-corrected chi connectivity index (χ4v) is 4.27. The van der Waals surface area contributed by atoms with Crippen LogP contribution in [0.2, 0.25) is 0 Å². The molecule has 0 atom stereocenters. The first kappa shape index (κ1) is 20.2.